The first kappa shape index (κ1) is 14.3. The van der Waals surface area contributed by atoms with Crippen LogP contribution in [0.2, 0.25) is 0 Å². The van der Waals surface area contributed by atoms with Gasteiger partial charge in [0.05, 0.1) is 6.61 Å². The molecule has 118 valence electrons. The average molecular weight is 298 g/mol. The van der Waals surface area contributed by atoms with E-state index in [1.807, 2.05) is 6.92 Å². The van der Waals surface area contributed by atoms with E-state index in [0.29, 0.717) is 17.6 Å². The number of ether oxygens (including phenoxy) is 1. The Kier molecular flexibility index (Phi) is 3.32. The first-order valence-electron chi connectivity index (χ1n) is 8.92. The molecule has 4 rings (SSSR count). The summed E-state index contributed by atoms with van der Waals surface area (Å²) >= 11 is 0. The zero-order valence-electron chi connectivity index (χ0n) is 13.7. The zero-order valence-corrected chi connectivity index (χ0v) is 13.7. The third-order valence-electron chi connectivity index (χ3n) is 6.72. The van der Waals surface area contributed by atoms with Crippen molar-refractivity contribution in [2.24, 2.45) is 17.3 Å². The SMILES string of the molecule is CCOc1ccc2c(c1)CC[C@H]1[C@@H]2CC[C@]2(C)C(=O)CC[C@H]12. The van der Waals surface area contributed by atoms with Crippen molar-refractivity contribution < 1.29 is 9.53 Å². The van der Waals surface area contributed by atoms with Crippen LogP contribution in [0.15, 0.2) is 18.2 Å². The van der Waals surface area contributed by atoms with Crippen molar-refractivity contribution in [1.29, 1.82) is 0 Å². The summed E-state index contributed by atoms with van der Waals surface area (Å²) in [5, 5.41) is 0. The lowest BCUT2D eigenvalue weighted by Gasteiger charge is -2.48. The molecule has 3 aliphatic rings. The van der Waals surface area contributed by atoms with Gasteiger partial charge < -0.3 is 4.74 Å². The van der Waals surface area contributed by atoms with Gasteiger partial charge in [-0.15, -0.1) is 0 Å². The van der Waals surface area contributed by atoms with Crippen LogP contribution < -0.4 is 4.74 Å². The predicted octanol–water partition coefficient (Wildman–Crippen LogP) is 4.51. The normalized spacial score (nSPS) is 36.5. The van der Waals surface area contributed by atoms with E-state index in [4.69, 9.17) is 4.74 Å². The second kappa shape index (κ2) is 5.11. The van der Waals surface area contributed by atoms with Crippen molar-refractivity contribution in [3.8, 4) is 5.75 Å². The van der Waals surface area contributed by atoms with E-state index in [9.17, 15) is 4.79 Å². The fourth-order valence-corrected chi connectivity index (χ4v) is 5.59. The Morgan fingerprint density at radius 2 is 2.09 bits per heavy atom. The molecule has 2 nitrogen and oxygen atoms in total. The molecule has 1 aromatic carbocycles. The minimum atomic E-state index is -0.00999. The van der Waals surface area contributed by atoms with Gasteiger partial charge in [0.2, 0.25) is 0 Å². The summed E-state index contributed by atoms with van der Waals surface area (Å²) in [4.78, 5) is 12.4. The van der Waals surface area contributed by atoms with Crippen LogP contribution in [0.25, 0.3) is 0 Å². The van der Waals surface area contributed by atoms with Crippen molar-refractivity contribution in [3.63, 3.8) is 0 Å². The number of ketones is 1. The van der Waals surface area contributed by atoms with E-state index >= 15 is 0 Å². The van der Waals surface area contributed by atoms with Gasteiger partial charge in [-0.1, -0.05) is 13.0 Å². The lowest BCUT2D eigenvalue weighted by Crippen LogP contribution is -2.42. The lowest BCUT2D eigenvalue weighted by atomic mass is 9.55. The number of carbonyl (C=O) groups is 1. The van der Waals surface area contributed by atoms with Crippen LogP contribution >= 0.6 is 0 Å². The quantitative estimate of drug-likeness (QED) is 0.803. The highest BCUT2D eigenvalue weighted by Crippen LogP contribution is 2.59. The number of hydrogen-bond donors (Lipinski definition) is 0. The lowest BCUT2D eigenvalue weighted by molar-refractivity contribution is -0.129. The fourth-order valence-electron chi connectivity index (χ4n) is 5.59. The summed E-state index contributed by atoms with van der Waals surface area (Å²) in [6, 6.07) is 6.69. The van der Waals surface area contributed by atoms with Gasteiger partial charge in [-0.05, 0) is 80.0 Å². The zero-order chi connectivity index (χ0) is 15.3. The summed E-state index contributed by atoms with van der Waals surface area (Å²) in [5.74, 6) is 3.56. The summed E-state index contributed by atoms with van der Waals surface area (Å²) in [7, 11) is 0. The number of Topliss-reactive ketones (excluding diaryl/α,β-unsaturated/α-hetero) is 1. The van der Waals surface area contributed by atoms with Gasteiger partial charge in [0.1, 0.15) is 11.5 Å². The third-order valence-corrected chi connectivity index (χ3v) is 6.72. The molecule has 2 saturated carbocycles. The highest BCUT2D eigenvalue weighted by Gasteiger charge is 2.54. The molecule has 2 heteroatoms. The first-order chi connectivity index (χ1) is 10.6. The molecular weight excluding hydrogens is 272 g/mol. The smallest absolute Gasteiger partial charge is 0.139 e. The second-order valence-electron chi connectivity index (χ2n) is 7.63. The van der Waals surface area contributed by atoms with E-state index in [1.165, 1.54) is 18.4 Å². The summed E-state index contributed by atoms with van der Waals surface area (Å²) < 4.78 is 5.66. The molecule has 0 heterocycles. The topological polar surface area (TPSA) is 26.3 Å². The van der Waals surface area contributed by atoms with Crippen molar-refractivity contribution in [3.05, 3.63) is 29.3 Å². The molecule has 0 spiro atoms. The average Bonchev–Trinajstić information content (AvgIpc) is 2.83. The molecule has 0 saturated heterocycles. The molecule has 0 aromatic heterocycles. The number of benzene rings is 1. The van der Waals surface area contributed by atoms with Crippen molar-refractivity contribution >= 4 is 5.78 Å². The highest BCUT2D eigenvalue weighted by molar-refractivity contribution is 5.87. The van der Waals surface area contributed by atoms with E-state index in [0.717, 1.165) is 44.0 Å². The molecule has 0 aliphatic heterocycles. The van der Waals surface area contributed by atoms with Gasteiger partial charge in [-0.3, -0.25) is 4.79 Å². The van der Waals surface area contributed by atoms with Gasteiger partial charge in [0, 0.05) is 11.8 Å². The molecule has 0 bridgehead atoms. The van der Waals surface area contributed by atoms with Crippen molar-refractivity contribution in [1.82, 2.24) is 0 Å². The second-order valence-corrected chi connectivity index (χ2v) is 7.63. The van der Waals surface area contributed by atoms with E-state index in [2.05, 4.69) is 25.1 Å². The Hall–Kier alpha value is -1.31. The van der Waals surface area contributed by atoms with Crippen LogP contribution in [0.5, 0.6) is 5.75 Å². The van der Waals surface area contributed by atoms with Gasteiger partial charge in [0.15, 0.2) is 0 Å². The van der Waals surface area contributed by atoms with Gasteiger partial charge in [-0.2, -0.15) is 0 Å². The Labute approximate surface area is 133 Å². The van der Waals surface area contributed by atoms with Crippen molar-refractivity contribution in [2.75, 3.05) is 6.61 Å². The first-order valence-corrected chi connectivity index (χ1v) is 8.92. The molecular formula is C20H26O2. The maximum atomic E-state index is 12.4. The van der Waals surface area contributed by atoms with Crippen LogP contribution in [-0.2, 0) is 11.2 Å². The van der Waals surface area contributed by atoms with Crippen LogP contribution in [-0.4, -0.2) is 12.4 Å². The Balaban J connectivity index is 1.66. The third kappa shape index (κ3) is 1.96. The molecule has 2 fully saturated rings. The minimum absolute atomic E-state index is 0.00999. The number of fused-ring (bicyclic) bond motifs is 5. The Morgan fingerprint density at radius 1 is 1.23 bits per heavy atom. The van der Waals surface area contributed by atoms with Gasteiger partial charge in [-0.25, -0.2) is 0 Å². The van der Waals surface area contributed by atoms with E-state index < -0.39 is 0 Å². The number of rotatable bonds is 2. The maximum absolute atomic E-state index is 12.4. The van der Waals surface area contributed by atoms with E-state index in [-0.39, 0.29) is 5.41 Å². The fraction of sp³-hybridized carbons (Fsp3) is 0.650. The predicted molar refractivity (Wildman–Crippen MR) is 87.2 cm³/mol. The van der Waals surface area contributed by atoms with E-state index in [1.54, 1.807) is 5.56 Å². The molecule has 0 amide bonds. The molecule has 22 heavy (non-hydrogen) atoms. The van der Waals surface area contributed by atoms with Crippen LogP contribution in [0.4, 0.5) is 0 Å². The van der Waals surface area contributed by atoms with Crippen LogP contribution in [0, 0.1) is 17.3 Å². The highest BCUT2D eigenvalue weighted by atomic mass is 16.5. The molecule has 3 aliphatic carbocycles. The number of aryl methyl sites for hydroxylation is 1. The number of hydrogen-bond acceptors (Lipinski definition) is 2. The number of carbonyl (C=O) groups excluding carboxylic acids is 1. The standard InChI is InChI=1S/C20H26O2/c1-3-22-14-5-7-15-13(12-14)4-6-17-16(15)10-11-20(2)18(17)8-9-19(20)21/h5,7,12,16-18H,3-4,6,8-11H2,1-2H3/t16-,17+,18-,20+/m1/s1. The molecule has 1 aromatic rings. The maximum Gasteiger partial charge on any atom is 0.139 e. The summed E-state index contributed by atoms with van der Waals surface area (Å²) in [6.45, 7) is 5.01. The Morgan fingerprint density at radius 3 is 2.91 bits per heavy atom. The molecule has 0 unspecified atom stereocenters. The minimum Gasteiger partial charge on any atom is -0.494 e. The van der Waals surface area contributed by atoms with Crippen molar-refractivity contribution in [2.45, 2.75) is 58.3 Å². The van der Waals surface area contributed by atoms with Crippen LogP contribution in [0.1, 0.15) is 63.0 Å². The summed E-state index contributed by atoms with van der Waals surface area (Å²) in [6.07, 6.45) is 6.62. The van der Waals surface area contributed by atoms with Gasteiger partial charge in [0.25, 0.3) is 0 Å². The van der Waals surface area contributed by atoms with Gasteiger partial charge >= 0.3 is 0 Å². The summed E-state index contributed by atoms with van der Waals surface area (Å²) in [5.41, 5.74) is 3.02. The van der Waals surface area contributed by atoms with Crippen LogP contribution in [0.3, 0.4) is 0 Å². The Bertz CT molecular complexity index is 606. The molecule has 0 N–H and O–H groups in total. The monoisotopic (exact) mass is 298 g/mol. The molecule has 4 atom stereocenters. The largest absolute Gasteiger partial charge is 0.494 e. The molecule has 0 radical (unpaired) electrons.